The van der Waals surface area contributed by atoms with Crippen LogP contribution in [0, 0.1) is 0 Å². The maximum absolute atomic E-state index is 12.0. The van der Waals surface area contributed by atoms with Crippen LogP contribution in [-0.2, 0) is 10.0 Å². The lowest BCUT2D eigenvalue weighted by Crippen LogP contribution is -2.24. The van der Waals surface area contributed by atoms with Gasteiger partial charge in [0.25, 0.3) is 6.43 Å². The van der Waals surface area contributed by atoms with Crippen LogP contribution in [0.25, 0.3) is 0 Å². The molecule has 0 spiro atoms. The van der Waals surface area contributed by atoms with E-state index in [-0.39, 0.29) is 15.7 Å². The first-order valence-electron chi connectivity index (χ1n) is 4.46. The summed E-state index contributed by atoms with van der Waals surface area (Å²) in [4.78, 5) is -0.256. The summed E-state index contributed by atoms with van der Waals surface area (Å²) >= 11 is 0.737. The first-order chi connectivity index (χ1) is 7.76. The van der Waals surface area contributed by atoms with E-state index in [4.69, 9.17) is 5.73 Å². The van der Waals surface area contributed by atoms with Gasteiger partial charge >= 0.3 is 0 Å². The Balaban J connectivity index is 3.11. The van der Waals surface area contributed by atoms with Gasteiger partial charge < -0.3 is 11.1 Å². The van der Waals surface area contributed by atoms with E-state index in [1.165, 1.54) is 14.1 Å². The van der Waals surface area contributed by atoms with Gasteiger partial charge in [-0.25, -0.2) is 21.5 Å². The fourth-order valence-corrected chi connectivity index (χ4v) is 3.09. The van der Waals surface area contributed by atoms with Gasteiger partial charge in [0.1, 0.15) is 5.00 Å². The number of rotatable bonds is 5. The lowest BCUT2D eigenvalue weighted by molar-refractivity contribution is 0.163. The molecule has 0 saturated heterocycles. The Hall–Kier alpha value is -1.00. The highest BCUT2D eigenvalue weighted by Crippen LogP contribution is 2.32. The maximum atomic E-state index is 12.0. The van der Waals surface area contributed by atoms with Crippen molar-refractivity contribution in [1.82, 2.24) is 8.68 Å². The van der Waals surface area contributed by atoms with E-state index in [2.05, 4.69) is 9.69 Å². The molecule has 0 bridgehead atoms. The summed E-state index contributed by atoms with van der Waals surface area (Å²) in [6.45, 7) is -0.655. The monoisotopic (exact) mass is 286 g/mol. The molecule has 0 atom stereocenters. The fraction of sp³-hybridized carbons (Fsp3) is 0.571. The van der Waals surface area contributed by atoms with Gasteiger partial charge in [0, 0.05) is 14.1 Å². The molecule has 0 fully saturated rings. The third-order valence-corrected chi connectivity index (χ3v) is 4.67. The predicted molar refractivity (Wildman–Crippen MR) is 61.9 cm³/mol. The number of nitrogen functional groups attached to an aromatic ring is 1. The summed E-state index contributed by atoms with van der Waals surface area (Å²) in [6.07, 6.45) is -2.59. The summed E-state index contributed by atoms with van der Waals surface area (Å²) in [7, 11) is -1.15. The predicted octanol–water partition coefficient (Wildman–Crippen LogP) is 0.653. The average Bonchev–Trinajstić information content (AvgIpc) is 2.56. The molecule has 6 nitrogen and oxygen atoms in total. The molecule has 1 aromatic heterocycles. The van der Waals surface area contributed by atoms with Crippen molar-refractivity contribution in [2.24, 2.45) is 0 Å². The van der Waals surface area contributed by atoms with Crippen LogP contribution < -0.4 is 11.1 Å². The first kappa shape index (κ1) is 14.1. The number of anilines is 2. The van der Waals surface area contributed by atoms with Crippen molar-refractivity contribution in [3.63, 3.8) is 0 Å². The van der Waals surface area contributed by atoms with Crippen LogP contribution in [0.5, 0.6) is 0 Å². The van der Waals surface area contributed by atoms with Gasteiger partial charge in [-0.2, -0.15) is 4.37 Å². The Bertz CT molecular complexity index is 486. The highest BCUT2D eigenvalue weighted by Gasteiger charge is 2.27. The third kappa shape index (κ3) is 3.01. The molecule has 17 heavy (non-hydrogen) atoms. The minimum atomic E-state index is -3.79. The molecule has 1 aromatic rings. The summed E-state index contributed by atoms with van der Waals surface area (Å²) < 4.78 is 52.4. The molecule has 0 aliphatic heterocycles. The molecule has 0 radical (unpaired) electrons. The number of nitrogens with two attached hydrogens (primary N) is 1. The Morgan fingerprint density at radius 1 is 1.53 bits per heavy atom. The Kier molecular flexibility index (Phi) is 4.22. The van der Waals surface area contributed by atoms with E-state index in [0.29, 0.717) is 0 Å². The fourth-order valence-electron chi connectivity index (χ4n) is 1.01. The van der Waals surface area contributed by atoms with Crippen molar-refractivity contribution in [3.05, 3.63) is 0 Å². The number of nitrogens with zero attached hydrogens (tertiary/aromatic N) is 2. The second-order valence-corrected chi connectivity index (χ2v) is 6.15. The lowest BCUT2D eigenvalue weighted by Gasteiger charge is -2.12. The third-order valence-electron chi connectivity index (χ3n) is 1.83. The molecule has 1 heterocycles. The maximum Gasteiger partial charge on any atom is 0.255 e. The van der Waals surface area contributed by atoms with Crippen LogP contribution in [0.4, 0.5) is 19.6 Å². The number of aromatic nitrogens is 1. The largest absolute Gasteiger partial charge is 0.382 e. The molecule has 3 N–H and O–H groups in total. The Morgan fingerprint density at radius 3 is 2.59 bits per heavy atom. The molecule has 0 aliphatic carbocycles. The van der Waals surface area contributed by atoms with E-state index in [0.717, 1.165) is 15.8 Å². The van der Waals surface area contributed by atoms with Gasteiger partial charge in [0.2, 0.25) is 10.0 Å². The second-order valence-electron chi connectivity index (χ2n) is 3.29. The zero-order valence-corrected chi connectivity index (χ0v) is 10.8. The standard InChI is InChI=1S/C7H12F2N4O2S2/c1-13(2)17(14,15)5-6(10)12-16-7(5)11-3-4(8)9/h4,11H,3H2,1-2H3,(H2,10,12). The van der Waals surface area contributed by atoms with Crippen molar-refractivity contribution in [1.29, 1.82) is 0 Å². The van der Waals surface area contributed by atoms with Crippen LogP contribution >= 0.6 is 11.5 Å². The number of nitrogens with one attached hydrogen (secondary N) is 1. The van der Waals surface area contributed by atoms with Crippen LogP contribution in [0.3, 0.4) is 0 Å². The molecular formula is C7H12F2N4O2S2. The van der Waals surface area contributed by atoms with Crippen molar-refractivity contribution >= 4 is 32.4 Å². The summed E-state index contributed by atoms with van der Waals surface area (Å²) in [6, 6.07) is 0. The van der Waals surface area contributed by atoms with Gasteiger partial charge in [-0.3, -0.25) is 0 Å². The van der Waals surface area contributed by atoms with Crippen molar-refractivity contribution in [3.8, 4) is 0 Å². The van der Waals surface area contributed by atoms with Gasteiger partial charge in [0.15, 0.2) is 10.7 Å². The number of alkyl halides is 2. The second kappa shape index (κ2) is 5.10. The summed E-state index contributed by atoms with van der Waals surface area (Å²) in [5.41, 5.74) is 5.44. The Morgan fingerprint density at radius 2 is 2.12 bits per heavy atom. The minimum Gasteiger partial charge on any atom is -0.382 e. The highest BCUT2D eigenvalue weighted by atomic mass is 32.2. The van der Waals surface area contributed by atoms with E-state index >= 15 is 0 Å². The minimum absolute atomic E-state index is 0.0245. The van der Waals surface area contributed by atoms with Gasteiger partial charge in [-0.05, 0) is 11.5 Å². The molecule has 10 heteroatoms. The van der Waals surface area contributed by atoms with E-state index in [1.54, 1.807) is 0 Å². The molecule has 0 unspecified atom stereocenters. The zero-order valence-electron chi connectivity index (χ0n) is 9.15. The van der Waals surface area contributed by atoms with E-state index in [9.17, 15) is 17.2 Å². The molecule has 0 amide bonds. The quantitative estimate of drug-likeness (QED) is 0.830. The molecular weight excluding hydrogens is 274 g/mol. The topological polar surface area (TPSA) is 88.3 Å². The van der Waals surface area contributed by atoms with E-state index < -0.39 is 23.0 Å². The smallest absolute Gasteiger partial charge is 0.255 e. The zero-order chi connectivity index (χ0) is 13.2. The van der Waals surface area contributed by atoms with Crippen LogP contribution in [0.2, 0.25) is 0 Å². The molecule has 98 valence electrons. The van der Waals surface area contributed by atoms with Gasteiger partial charge in [-0.15, -0.1) is 0 Å². The van der Waals surface area contributed by atoms with E-state index in [1.807, 2.05) is 0 Å². The number of sulfonamides is 1. The molecule has 0 aromatic carbocycles. The van der Waals surface area contributed by atoms with Gasteiger partial charge in [0.05, 0.1) is 6.54 Å². The van der Waals surface area contributed by atoms with Crippen LogP contribution in [-0.4, -0.2) is 44.2 Å². The number of hydrogen-bond donors (Lipinski definition) is 2. The van der Waals surface area contributed by atoms with Crippen molar-refractivity contribution < 1.29 is 17.2 Å². The molecule has 1 rings (SSSR count). The van der Waals surface area contributed by atoms with Crippen LogP contribution in [0.1, 0.15) is 0 Å². The van der Waals surface area contributed by atoms with Crippen molar-refractivity contribution in [2.45, 2.75) is 11.3 Å². The Labute approximate surface area is 102 Å². The normalized spacial score (nSPS) is 12.4. The average molecular weight is 286 g/mol. The number of hydrogen-bond acceptors (Lipinski definition) is 6. The summed E-state index contributed by atoms with van der Waals surface area (Å²) in [5.74, 6) is -0.194. The molecule has 0 aliphatic rings. The van der Waals surface area contributed by atoms with Crippen molar-refractivity contribution in [2.75, 3.05) is 31.7 Å². The highest BCUT2D eigenvalue weighted by molar-refractivity contribution is 7.89. The molecule has 0 saturated carbocycles. The van der Waals surface area contributed by atoms with Gasteiger partial charge in [-0.1, -0.05) is 0 Å². The first-order valence-corrected chi connectivity index (χ1v) is 6.68. The number of halogens is 2. The van der Waals surface area contributed by atoms with Crippen LogP contribution in [0.15, 0.2) is 4.90 Å². The lowest BCUT2D eigenvalue weighted by atomic mass is 10.6. The summed E-state index contributed by atoms with van der Waals surface area (Å²) in [5, 5.41) is 2.34. The SMILES string of the molecule is CN(C)S(=O)(=O)c1c(N)nsc1NCC(F)F.